The SMILES string of the molecule is COc1ccc2oc(-c3ccccc3)c(C(=O)OC(N)=O)c2c1C. The standard InChI is InChI=1S/C18H15NO5/c1-10-12(22-2)8-9-13-14(10)15(17(20)24-18(19)21)16(23-13)11-6-4-3-5-7-11/h3-9H,1-2H3,(H2,19,21). The number of aryl methyl sites for hydroxylation is 1. The Morgan fingerprint density at radius 2 is 1.79 bits per heavy atom. The summed E-state index contributed by atoms with van der Waals surface area (Å²) in [5.74, 6) is 0.0423. The molecule has 0 spiro atoms. The summed E-state index contributed by atoms with van der Waals surface area (Å²) in [7, 11) is 1.54. The summed E-state index contributed by atoms with van der Waals surface area (Å²) >= 11 is 0. The van der Waals surface area contributed by atoms with Gasteiger partial charge in [0.25, 0.3) is 0 Å². The smallest absolute Gasteiger partial charge is 0.412 e. The van der Waals surface area contributed by atoms with Gasteiger partial charge in [0.05, 0.1) is 7.11 Å². The maximum Gasteiger partial charge on any atom is 0.412 e. The van der Waals surface area contributed by atoms with Gasteiger partial charge >= 0.3 is 12.1 Å². The van der Waals surface area contributed by atoms with E-state index >= 15 is 0 Å². The number of carbonyl (C=O) groups is 2. The van der Waals surface area contributed by atoms with E-state index in [-0.39, 0.29) is 5.56 Å². The number of benzene rings is 2. The lowest BCUT2D eigenvalue weighted by Gasteiger charge is -2.06. The van der Waals surface area contributed by atoms with Crippen molar-refractivity contribution in [1.82, 2.24) is 0 Å². The molecule has 0 aliphatic rings. The molecule has 1 heterocycles. The van der Waals surface area contributed by atoms with Crippen LogP contribution in [0.4, 0.5) is 4.79 Å². The average molecular weight is 325 g/mol. The number of fused-ring (bicyclic) bond motifs is 1. The minimum Gasteiger partial charge on any atom is -0.496 e. The molecule has 122 valence electrons. The number of primary amides is 1. The lowest BCUT2D eigenvalue weighted by molar-refractivity contribution is 0.0640. The molecule has 0 radical (unpaired) electrons. The summed E-state index contributed by atoms with van der Waals surface area (Å²) in [6.45, 7) is 1.80. The quantitative estimate of drug-likeness (QED) is 0.586. The summed E-state index contributed by atoms with van der Waals surface area (Å²) in [5.41, 5.74) is 7.01. The molecule has 0 fully saturated rings. The number of amides is 1. The van der Waals surface area contributed by atoms with Crippen LogP contribution in [0.25, 0.3) is 22.3 Å². The van der Waals surface area contributed by atoms with Crippen LogP contribution >= 0.6 is 0 Å². The van der Waals surface area contributed by atoms with E-state index in [1.54, 1.807) is 31.2 Å². The molecule has 0 bridgehead atoms. The molecule has 0 aliphatic heterocycles. The molecule has 24 heavy (non-hydrogen) atoms. The normalized spacial score (nSPS) is 10.6. The zero-order valence-corrected chi connectivity index (χ0v) is 13.2. The molecule has 0 atom stereocenters. The van der Waals surface area contributed by atoms with E-state index in [0.717, 1.165) is 0 Å². The van der Waals surface area contributed by atoms with Gasteiger partial charge in [0.1, 0.15) is 22.7 Å². The molecule has 0 aliphatic carbocycles. The Morgan fingerprint density at radius 1 is 1.08 bits per heavy atom. The highest BCUT2D eigenvalue weighted by atomic mass is 16.6. The first-order valence-corrected chi connectivity index (χ1v) is 7.20. The van der Waals surface area contributed by atoms with E-state index < -0.39 is 12.1 Å². The molecular formula is C18H15NO5. The minimum atomic E-state index is -1.17. The van der Waals surface area contributed by atoms with E-state index in [4.69, 9.17) is 14.9 Å². The van der Waals surface area contributed by atoms with Crippen LogP contribution in [-0.4, -0.2) is 19.2 Å². The van der Waals surface area contributed by atoms with Crippen LogP contribution in [0.2, 0.25) is 0 Å². The van der Waals surface area contributed by atoms with E-state index in [1.807, 2.05) is 18.2 Å². The lowest BCUT2D eigenvalue weighted by atomic mass is 10.0. The fourth-order valence-corrected chi connectivity index (χ4v) is 2.69. The van der Waals surface area contributed by atoms with Crippen molar-refractivity contribution in [2.75, 3.05) is 7.11 Å². The number of hydrogen-bond acceptors (Lipinski definition) is 5. The van der Waals surface area contributed by atoms with Crippen molar-refractivity contribution in [3.05, 3.63) is 53.6 Å². The van der Waals surface area contributed by atoms with E-state index in [0.29, 0.717) is 33.6 Å². The zero-order chi connectivity index (χ0) is 17.3. The number of furan rings is 1. The first-order valence-electron chi connectivity index (χ1n) is 7.20. The Morgan fingerprint density at radius 3 is 2.42 bits per heavy atom. The van der Waals surface area contributed by atoms with Crippen molar-refractivity contribution in [3.63, 3.8) is 0 Å². The molecular weight excluding hydrogens is 310 g/mol. The van der Waals surface area contributed by atoms with Crippen molar-refractivity contribution >= 4 is 23.0 Å². The maximum atomic E-state index is 12.5. The molecule has 2 N–H and O–H groups in total. The predicted molar refractivity (Wildman–Crippen MR) is 87.9 cm³/mol. The fourth-order valence-electron chi connectivity index (χ4n) is 2.69. The van der Waals surface area contributed by atoms with E-state index in [1.165, 1.54) is 7.11 Å². The van der Waals surface area contributed by atoms with Crippen molar-refractivity contribution < 1.29 is 23.5 Å². The number of rotatable bonds is 3. The predicted octanol–water partition coefficient (Wildman–Crippen LogP) is 3.65. The highest BCUT2D eigenvalue weighted by Gasteiger charge is 2.26. The topological polar surface area (TPSA) is 91.8 Å². The van der Waals surface area contributed by atoms with Gasteiger partial charge in [-0.3, -0.25) is 0 Å². The van der Waals surface area contributed by atoms with Gasteiger partial charge in [0, 0.05) is 16.5 Å². The molecule has 1 amide bonds. The van der Waals surface area contributed by atoms with Crippen LogP contribution in [0, 0.1) is 6.92 Å². The van der Waals surface area contributed by atoms with E-state index in [2.05, 4.69) is 4.74 Å². The van der Waals surface area contributed by atoms with Crippen LogP contribution in [0.5, 0.6) is 5.75 Å². The van der Waals surface area contributed by atoms with Gasteiger partial charge < -0.3 is 19.6 Å². The van der Waals surface area contributed by atoms with E-state index in [9.17, 15) is 9.59 Å². The Kier molecular flexibility index (Phi) is 3.95. The van der Waals surface area contributed by atoms with Gasteiger partial charge in [-0.2, -0.15) is 0 Å². The van der Waals surface area contributed by atoms with Crippen LogP contribution in [-0.2, 0) is 4.74 Å². The molecule has 0 saturated carbocycles. The number of esters is 1. The van der Waals surface area contributed by atoms with Crippen molar-refractivity contribution in [2.45, 2.75) is 6.92 Å². The summed E-state index contributed by atoms with van der Waals surface area (Å²) in [4.78, 5) is 23.5. The molecule has 6 nitrogen and oxygen atoms in total. The molecule has 1 aromatic heterocycles. The van der Waals surface area contributed by atoms with Gasteiger partial charge in [-0.15, -0.1) is 0 Å². The van der Waals surface area contributed by atoms with Gasteiger partial charge in [0.2, 0.25) is 0 Å². The Balaban J connectivity index is 2.33. The highest BCUT2D eigenvalue weighted by Crippen LogP contribution is 2.38. The third kappa shape index (κ3) is 2.58. The average Bonchev–Trinajstić information content (AvgIpc) is 2.96. The lowest BCUT2D eigenvalue weighted by Crippen LogP contribution is -2.18. The second-order valence-electron chi connectivity index (χ2n) is 5.15. The van der Waals surface area contributed by atoms with Gasteiger partial charge in [0.15, 0.2) is 0 Å². The molecule has 3 aromatic rings. The fraction of sp³-hybridized carbons (Fsp3) is 0.111. The van der Waals surface area contributed by atoms with Crippen LogP contribution in [0.15, 0.2) is 46.9 Å². The first-order chi connectivity index (χ1) is 11.5. The number of ether oxygens (including phenoxy) is 2. The van der Waals surface area contributed by atoms with Crippen LogP contribution in [0.3, 0.4) is 0 Å². The third-order valence-corrected chi connectivity index (χ3v) is 3.72. The highest BCUT2D eigenvalue weighted by molar-refractivity contribution is 6.12. The zero-order valence-electron chi connectivity index (χ0n) is 13.2. The monoisotopic (exact) mass is 325 g/mol. The van der Waals surface area contributed by atoms with Gasteiger partial charge in [-0.25, -0.2) is 9.59 Å². The Labute approximate surface area is 137 Å². The number of carbonyl (C=O) groups excluding carboxylic acids is 2. The number of nitrogens with two attached hydrogens (primary N) is 1. The summed E-state index contributed by atoms with van der Waals surface area (Å²) < 4.78 is 15.8. The number of methoxy groups -OCH3 is 1. The summed E-state index contributed by atoms with van der Waals surface area (Å²) in [5, 5.41) is 0.527. The molecule has 0 saturated heterocycles. The first kappa shape index (κ1) is 15.6. The van der Waals surface area contributed by atoms with Crippen molar-refractivity contribution in [1.29, 1.82) is 0 Å². The van der Waals surface area contributed by atoms with Crippen LogP contribution in [0.1, 0.15) is 15.9 Å². The summed E-state index contributed by atoms with van der Waals surface area (Å²) in [6.07, 6.45) is -1.17. The third-order valence-electron chi connectivity index (χ3n) is 3.72. The second-order valence-corrected chi connectivity index (χ2v) is 5.15. The molecule has 6 heteroatoms. The van der Waals surface area contributed by atoms with Crippen molar-refractivity contribution in [2.24, 2.45) is 5.73 Å². The maximum absolute atomic E-state index is 12.5. The molecule has 0 unspecified atom stereocenters. The minimum absolute atomic E-state index is 0.145. The largest absolute Gasteiger partial charge is 0.496 e. The summed E-state index contributed by atoms with van der Waals surface area (Å²) in [6, 6.07) is 12.5. The molecule has 3 rings (SSSR count). The van der Waals surface area contributed by atoms with Gasteiger partial charge in [-0.05, 0) is 19.1 Å². The van der Waals surface area contributed by atoms with Gasteiger partial charge in [-0.1, -0.05) is 30.3 Å². The number of hydrogen-bond donors (Lipinski definition) is 1. The Hall–Kier alpha value is -3.28. The Bertz CT molecular complexity index is 927. The molecule has 2 aromatic carbocycles. The van der Waals surface area contributed by atoms with Crippen molar-refractivity contribution in [3.8, 4) is 17.1 Å². The second kappa shape index (κ2) is 6.08. The van der Waals surface area contributed by atoms with Crippen LogP contribution < -0.4 is 10.5 Å².